The van der Waals surface area contributed by atoms with Gasteiger partial charge < -0.3 is 25.0 Å². The molecule has 0 spiro atoms. The molecule has 0 aliphatic rings. The van der Waals surface area contributed by atoms with Crippen molar-refractivity contribution in [3.63, 3.8) is 0 Å². The first-order valence-corrected chi connectivity index (χ1v) is 5.32. The average Bonchev–Trinajstić information content (AvgIpc) is 2.29. The van der Waals surface area contributed by atoms with Crippen LogP contribution in [0, 0.1) is 0 Å². The highest BCUT2D eigenvalue weighted by Crippen LogP contribution is 2.09. The van der Waals surface area contributed by atoms with E-state index < -0.39 is 12.1 Å². The van der Waals surface area contributed by atoms with Gasteiger partial charge in [0.1, 0.15) is 12.6 Å². The zero-order valence-corrected chi connectivity index (χ0v) is 10.1. The second-order valence-electron chi connectivity index (χ2n) is 3.81. The fourth-order valence-electron chi connectivity index (χ4n) is 0.995. The normalized spacial score (nSPS) is 11.6. The molecule has 0 saturated heterocycles. The van der Waals surface area contributed by atoms with Crippen LogP contribution in [0.15, 0.2) is 30.3 Å². The van der Waals surface area contributed by atoms with Gasteiger partial charge in [0.15, 0.2) is 0 Å². The van der Waals surface area contributed by atoms with Crippen molar-refractivity contribution in [1.29, 1.82) is 0 Å². The van der Waals surface area contributed by atoms with Crippen LogP contribution in [0.3, 0.4) is 0 Å². The molecule has 0 aliphatic carbocycles. The van der Waals surface area contributed by atoms with Gasteiger partial charge >= 0.3 is 0 Å². The molecule has 0 fully saturated rings. The van der Waals surface area contributed by atoms with Crippen molar-refractivity contribution < 1.29 is 25.0 Å². The van der Waals surface area contributed by atoms with Crippen LogP contribution in [0.25, 0.3) is 0 Å². The number of carbonyl (C=O) groups excluding carboxylic acids is 1. The first-order chi connectivity index (χ1) is 7.99. The van der Waals surface area contributed by atoms with Crippen LogP contribution < -0.4 is 10.0 Å². The monoisotopic (exact) mass is 241 g/mol. The predicted octanol–water partition coefficient (Wildman–Crippen LogP) is -2.41. The Hall–Kier alpha value is -1.43. The number of hydrogen-bond donors (Lipinski definition) is 3. The number of quaternary nitrogens is 1. The Morgan fingerprint density at radius 1 is 1.35 bits per heavy atom. The summed E-state index contributed by atoms with van der Waals surface area (Å²) in [6, 6.07) is 8.11. The van der Waals surface area contributed by atoms with E-state index in [2.05, 4.69) is 0 Å². The van der Waals surface area contributed by atoms with Gasteiger partial charge in [-0.05, 0) is 5.56 Å². The molecule has 5 heteroatoms. The minimum Gasteiger partial charge on any atom is -0.547 e. The lowest BCUT2D eigenvalue weighted by molar-refractivity contribution is -0.858. The molecule has 0 aromatic heterocycles. The Labute approximate surface area is 101 Å². The number of carbonyl (C=O) groups is 1. The van der Waals surface area contributed by atoms with E-state index >= 15 is 0 Å². The quantitative estimate of drug-likeness (QED) is 0.548. The molecular weight excluding hydrogens is 222 g/mol. The number of benzene rings is 1. The van der Waals surface area contributed by atoms with Gasteiger partial charge in [0.25, 0.3) is 0 Å². The highest BCUT2D eigenvalue weighted by Gasteiger charge is 2.05. The molecule has 0 amide bonds. The van der Waals surface area contributed by atoms with Crippen LogP contribution in [0.5, 0.6) is 0 Å². The van der Waals surface area contributed by atoms with Gasteiger partial charge in [0.2, 0.25) is 0 Å². The molecule has 96 valence electrons. The van der Waals surface area contributed by atoms with Gasteiger partial charge in [-0.2, -0.15) is 0 Å². The predicted molar refractivity (Wildman–Crippen MR) is 61.2 cm³/mol. The molecular formula is C12H19NO4. The molecule has 0 saturated carbocycles. The zero-order chi connectivity index (χ0) is 13.3. The smallest absolute Gasteiger partial charge is 0.118 e. The molecule has 0 heterocycles. The summed E-state index contributed by atoms with van der Waals surface area (Å²) in [5.74, 6) is -1.48. The van der Waals surface area contributed by atoms with Crippen molar-refractivity contribution in [2.24, 2.45) is 0 Å². The number of aliphatic carboxylic acids is 1. The molecule has 0 aliphatic heterocycles. The molecule has 17 heavy (non-hydrogen) atoms. The zero-order valence-electron chi connectivity index (χ0n) is 10.1. The van der Waals surface area contributed by atoms with Gasteiger partial charge in [-0.25, -0.2) is 0 Å². The number of hydrogen-bond acceptors (Lipinski definition) is 4. The number of carboxylic acids is 1. The minimum absolute atomic E-state index is 0.294. The van der Waals surface area contributed by atoms with Gasteiger partial charge in [-0.1, -0.05) is 30.3 Å². The number of aliphatic hydroxyl groups excluding tert-OH is 2. The third-order valence-electron chi connectivity index (χ3n) is 1.95. The summed E-state index contributed by atoms with van der Waals surface area (Å²) in [6.45, 7) is 1.14. The van der Waals surface area contributed by atoms with Crippen molar-refractivity contribution in [1.82, 2.24) is 0 Å². The Kier molecular flexibility index (Phi) is 7.96. The summed E-state index contributed by atoms with van der Waals surface area (Å²) < 4.78 is 0. The third kappa shape index (κ3) is 7.46. The number of aliphatic hydroxyl groups is 2. The van der Waals surface area contributed by atoms with Crippen LogP contribution in [-0.2, 0) is 4.79 Å². The highest BCUT2D eigenvalue weighted by molar-refractivity contribution is 5.71. The van der Waals surface area contributed by atoms with Crippen molar-refractivity contribution in [2.45, 2.75) is 6.10 Å². The molecule has 5 nitrogen and oxygen atoms in total. The van der Waals surface area contributed by atoms with Crippen LogP contribution in [0.4, 0.5) is 0 Å². The number of likely N-dealkylation sites (N-methyl/N-ethyl adjacent to an activating group) is 1. The Balaban J connectivity index is 0.000000366. The maximum absolute atomic E-state index is 10.1. The molecule has 1 unspecified atom stereocenters. The Morgan fingerprint density at radius 2 is 1.88 bits per heavy atom. The van der Waals surface area contributed by atoms with Gasteiger partial charge in [-0.3, -0.25) is 0 Å². The van der Waals surface area contributed by atoms with Crippen LogP contribution in [0.1, 0.15) is 11.7 Å². The lowest BCUT2D eigenvalue weighted by atomic mass is 10.1. The summed E-state index contributed by atoms with van der Waals surface area (Å²) in [5, 5.41) is 27.3. The third-order valence-corrected chi connectivity index (χ3v) is 1.95. The van der Waals surface area contributed by atoms with E-state index in [1.165, 1.54) is 17.0 Å². The van der Waals surface area contributed by atoms with E-state index in [4.69, 9.17) is 10.2 Å². The summed E-state index contributed by atoms with van der Waals surface area (Å²) in [6.07, 6.45) is -1.52. The lowest BCUT2D eigenvalue weighted by Crippen LogP contribution is -3.06. The summed E-state index contributed by atoms with van der Waals surface area (Å²) in [4.78, 5) is 11.4. The van der Waals surface area contributed by atoms with Crippen molar-refractivity contribution in [3.05, 3.63) is 35.9 Å². The summed E-state index contributed by atoms with van der Waals surface area (Å²) in [7, 11) is 4.02. The first kappa shape index (κ1) is 15.6. The molecule has 1 aromatic rings. The van der Waals surface area contributed by atoms with Gasteiger partial charge in [0, 0.05) is 0 Å². The number of nitrogens with one attached hydrogen (secondary N) is 1. The summed E-state index contributed by atoms with van der Waals surface area (Å²) in [5.41, 5.74) is 0.340. The molecule has 0 bridgehead atoms. The molecule has 0 radical (unpaired) electrons. The second kappa shape index (κ2) is 8.69. The van der Waals surface area contributed by atoms with Crippen molar-refractivity contribution in [3.8, 4) is 0 Å². The maximum Gasteiger partial charge on any atom is 0.118 e. The molecule has 1 atom stereocenters. The van der Waals surface area contributed by atoms with E-state index in [0.29, 0.717) is 12.2 Å². The largest absolute Gasteiger partial charge is 0.547 e. The van der Waals surface area contributed by atoms with Crippen molar-refractivity contribution in [2.75, 3.05) is 27.2 Å². The van der Waals surface area contributed by atoms with Gasteiger partial charge in [0.05, 0.1) is 26.7 Å². The van der Waals surface area contributed by atoms with Crippen LogP contribution >= 0.6 is 0 Å². The minimum atomic E-state index is -1.52. The van der Waals surface area contributed by atoms with Gasteiger partial charge in [-0.15, -0.1) is 0 Å². The fraction of sp³-hybridized carbons (Fsp3) is 0.417. The number of rotatable bonds is 4. The van der Waals surface area contributed by atoms with E-state index in [0.717, 1.165) is 6.54 Å². The van der Waals surface area contributed by atoms with Crippen molar-refractivity contribution >= 4 is 5.97 Å². The number of carboxylic acid groups (broad SMARTS) is 1. The molecule has 1 aromatic carbocycles. The highest BCUT2D eigenvalue weighted by atomic mass is 16.4. The van der Waals surface area contributed by atoms with E-state index in [9.17, 15) is 9.90 Å². The average molecular weight is 241 g/mol. The summed E-state index contributed by atoms with van der Waals surface area (Å²) >= 11 is 0. The Morgan fingerprint density at radius 3 is 2.18 bits per heavy atom. The van der Waals surface area contributed by atoms with E-state index in [-0.39, 0.29) is 0 Å². The van der Waals surface area contributed by atoms with Crippen LogP contribution in [0.2, 0.25) is 0 Å². The molecule has 1 rings (SSSR count). The van der Waals surface area contributed by atoms with E-state index in [1.54, 1.807) is 18.2 Å². The van der Waals surface area contributed by atoms with Crippen LogP contribution in [-0.4, -0.2) is 43.4 Å². The fourth-order valence-corrected chi connectivity index (χ4v) is 0.995. The van der Waals surface area contributed by atoms with E-state index in [1.807, 2.05) is 14.1 Å². The molecule has 3 N–H and O–H groups in total. The first-order valence-electron chi connectivity index (χ1n) is 5.32. The standard InChI is InChI=1S/C8H8O3.C4H11NO/c9-7(8(10)11)6-4-2-1-3-5-6;1-5(2)3-4-6/h1-5,7,9H,(H,10,11);6H,3-4H2,1-2H3. The second-order valence-corrected chi connectivity index (χ2v) is 3.81. The Bertz CT molecular complexity index is 314. The topological polar surface area (TPSA) is 85.0 Å². The maximum atomic E-state index is 10.1. The SMILES string of the molecule is C[NH+](C)CCO.O=C([O-])C(O)c1ccccc1. The lowest BCUT2D eigenvalue weighted by Gasteiger charge is -2.10.